The van der Waals surface area contributed by atoms with E-state index >= 15 is 0 Å². The van der Waals surface area contributed by atoms with Gasteiger partial charge in [0.25, 0.3) is 0 Å². The van der Waals surface area contributed by atoms with E-state index < -0.39 is 0 Å². The molecule has 0 aliphatic carbocycles. The van der Waals surface area contributed by atoms with E-state index in [0.717, 1.165) is 31.7 Å². The van der Waals surface area contributed by atoms with Crippen LogP contribution in [0.4, 0.5) is 11.8 Å². The average Bonchev–Trinajstić information content (AvgIpc) is 2.62. The Morgan fingerprint density at radius 1 is 1.26 bits per heavy atom. The molecule has 0 amide bonds. The van der Waals surface area contributed by atoms with Gasteiger partial charge >= 0.3 is 0 Å². The second-order valence-electron chi connectivity index (χ2n) is 5.52. The molecule has 0 aromatic carbocycles. The summed E-state index contributed by atoms with van der Waals surface area (Å²) in [6, 6.07) is 6.17. The number of hydrogen-bond acceptors (Lipinski definition) is 6. The second kappa shape index (κ2) is 6.80. The van der Waals surface area contributed by atoms with Gasteiger partial charge in [-0.25, -0.2) is 15.0 Å². The highest BCUT2D eigenvalue weighted by Crippen LogP contribution is 2.24. The maximum Gasteiger partial charge on any atom is 0.225 e. The maximum absolute atomic E-state index is 9.21. The lowest BCUT2D eigenvalue weighted by Gasteiger charge is -2.37. The molecule has 0 bridgehead atoms. The molecule has 1 saturated heterocycles. The van der Waals surface area contributed by atoms with Gasteiger partial charge in [0.1, 0.15) is 11.9 Å². The molecule has 3 rings (SSSR count). The number of hydrogen-bond donors (Lipinski definition) is 0. The van der Waals surface area contributed by atoms with E-state index in [9.17, 15) is 5.26 Å². The summed E-state index contributed by atoms with van der Waals surface area (Å²) in [5, 5.41) is 9.75. The van der Waals surface area contributed by atoms with Crippen molar-refractivity contribution < 1.29 is 0 Å². The first kappa shape index (κ1) is 15.5. The number of aromatic nitrogens is 3. The van der Waals surface area contributed by atoms with Crippen molar-refractivity contribution in [3.05, 3.63) is 41.3 Å². The van der Waals surface area contributed by atoms with Crippen molar-refractivity contribution in [2.45, 2.75) is 18.9 Å². The Hall–Kier alpha value is -2.39. The lowest BCUT2D eigenvalue weighted by atomic mass is 10.0. The van der Waals surface area contributed by atoms with Crippen molar-refractivity contribution in [2.75, 3.05) is 29.9 Å². The fourth-order valence-corrected chi connectivity index (χ4v) is 2.95. The van der Waals surface area contributed by atoms with Crippen LogP contribution in [0.3, 0.4) is 0 Å². The van der Waals surface area contributed by atoms with Gasteiger partial charge in [-0.2, -0.15) is 5.26 Å². The number of anilines is 2. The minimum atomic E-state index is 0.363. The monoisotopic (exact) mass is 328 g/mol. The van der Waals surface area contributed by atoms with Crippen LogP contribution >= 0.6 is 11.6 Å². The van der Waals surface area contributed by atoms with Crippen LogP contribution in [0, 0.1) is 11.3 Å². The minimum absolute atomic E-state index is 0.363. The molecule has 0 atom stereocenters. The van der Waals surface area contributed by atoms with Crippen LogP contribution in [0.2, 0.25) is 5.02 Å². The van der Waals surface area contributed by atoms with Crippen LogP contribution in [0.1, 0.15) is 18.4 Å². The average molecular weight is 329 g/mol. The summed E-state index contributed by atoms with van der Waals surface area (Å²) >= 11 is 5.83. The van der Waals surface area contributed by atoms with Crippen LogP contribution in [-0.4, -0.2) is 41.1 Å². The molecule has 23 heavy (non-hydrogen) atoms. The lowest BCUT2D eigenvalue weighted by molar-refractivity contribution is 0.475. The topological polar surface area (TPSA) is 68.9 Å². The van der Waals surface area contributed by atoms with E-state index in [0.29, 0.717) is 22.6 Å². The molecule has 0 N–H and O–H groups in total. The van der Waals surface area contributed by atoms with Crippen molar-refractivity contribution in [3.8, 4) is 6.07 Å². The van der Waals surface area contributed by atoms with Crippen LogP contribution < -0.4 is 9.80 Å². The molecule has 7 heteroatoms. The highest BCUT2D eigenvalue weighted by Gasteiger charge is 2.25. The first-order chi connectivity index (χ1) is 11.2. The van der Waals surface area contributed by atoms with Gasteiger partial charge in [0, 0.05) is 32.4 Å². The Labute approximate surface area is 140 Å². The molecule has 0 saturated carbocycles. The van der Waals surface area contributed by atoms with E-state index in [1.165, 1.54) is 0 Å². The standard InChI is InChI=1S/C16H17ClN6/c1-22(16-20-10-13(17)11-21-16)14-4-7-23(8-5-14)15-12(9-18)3-2-6-19-15/h2-3,6,10-11,14H,4-5,7-8H2,1H3. The highest BCUT2D eigenvalue weighted by molar-refractivity contribution is 6.30. The largest absolute Gasteiger partial charge is 0.355 e. The predicted octanol–water partition coefficient (Wildman–Crippen LogP) is 2.50. The fraction of sp³-hybridized carbons (Fsp3) is 0.375. The molecule has 1 aliphatic rings. The Kier molecular flexibility index (Phi) is 4.58. The van der Waals surface area contributed by atoms with Crippen molar-refractivity contribution >= 4 is 23.4 Å². The zero-order valence-electron chi connectivity index (χ0n) is 12.9. The van der Waals surface area contributed by atoms with Gasteiger partial charge in [0.15, 0.2) is 0 Å². The van der Waals surface area contributed by atoms with Gasteiger partial charge in [-0.15, -0.1) is 0 Å². The molecular formula is C16H17ClN6. The second-order valence-corrected chi connectivity index (χ2v) is 5.95. The van der Waals surface area contributed by atoms with Crippen molar-refractivity contribution in [1.29, 1.82) is 5.26 Å². The Bertz CT molecular complexity index is 703. The van der Waals surface area contributed by atoms with Gasteiger partial charge in [-0.3, -0.25) is 0 Å². The highest BCUT2D eigenvalue weighted by atomic mass is 35.5. The number of nitrogens with zero attached hydrogens (tertiary/aromatic N) is 6. The summed E-state index contributed by atoms with van der Waals surface area (Å²) in [6.07, 6.45) is 6.88. The number of nitriles is 1. The number of rotatable bonds is 3. The van der Waals surface area contributed by atoms with Gasteiger partial charge in [0.2, 0.25) is 5.95 Å². The first-order valence-electron chi connectivity index (χ1n) is 7.49. The Balaban J connectivity index is 1.66. The molecule has 1 aliphatic heterocycles. The molecule has 118 valence electrons. The molecular weight excluding hydrogens is 312 g/mol. The normalized spacial score (nSPS) is 15.3. The van der Waals surface area contributed by atoms with Gasteiger partial charge in [-0.05, 0) is 25.0 Å². The first-order valence-corrected chi connectivity index (χ1v) is 7.87. The zero-order chi connectivity index (χ0) is 16.2. The van der Waals surface area contributed by atoms with Gasteiger partial charge < -0.3 is 9.80 Å². The third-order valence-electron chi connectivity index (χ3n) is 4.14. The Morgan fingerprint density at radius 2 is 1.96 bits per heavy atom. The smallest absolute Gasteiger partial charge is 0.225 e. The molecule has 0 unspecified atom stereocenters. The summed E-state index contributed by atoms with van der Waals surface area (Å²) < 4.78 is 0. The third kappa shape index (κ3) is 3.35. The number of halogens is 1. The van der Waals surface area contributed by atoms with Crippen LogP contribution in [0.5, 0.6) is 0 Å². The van der Waals surface area contributed by atoms with E-state index in [4.69, 9.17) is 11.6 Å². The SMILES string of the molecule is CN(c1ncc(Cl)cn1)C1CCN(c2ncccc2C#N)CC1. The molecule has 0 radical (unpaired) electrons. The fourth-order valence-electron chi connectivity index (χ4n) is 2.85. The van der Waals surface area contributed by atoms with Crippen LogP contribution in [0.15, 0.2) is 30.7 Å². The summed E-state index contributed by atoms with van der Waals surface area (Å²) in [4.78, 5) is 17.2. The molecule has 6 nitrogen and oxygen atoms in total. The van der Waals surface area contributed by atoms with Gasteiger partial charge in [-0.1, -0.05) is 11.6 Å². The summed E-state index contributed by atoms with van der Waals surface area (Å²) in [5.41, 5.74) is 0.625. The number of piperidine rings is 1. The van der Waals surface area contributed by atoms with Crippen molar-refractivity contribution in [3.63, 3.8) is 0 Å². The summed E-state index contributed by atoms with van der Waals surface area (Å²) in [6.45, 7) is 1.71. The van der Waals surface area contributed by atoms with E-state index in [2.05, 4.69) is 30.8 Å². The predicted molar refractivity (Wildman–Crippen MR) is 89.6 cm³/mol. The van der Waals surface area contributed by atoms with Crippen molar-refractivity contribution in [2.24, 2.45) is 0 Å². The molecule has 2 aromatic heterocycles. The van der Waals surface area contributed by atoms with E-state index in [1.807, 2.05) is 13.1 Å². The maximum atomic E-state index is 9.21. The van der Waals surface area contributed by atoms with Crippen LogP contribution in [0.25, 0.3) is 0 Å². The minimum Gasteiger partial charge on any atom is -0.355 e. The molecule has 2 aromatic rings. The van der Waals surface area contributed by atoms with E-state index in [-0.39, 0.29) is 0 Å². The lowest BCUT2D eigenvalue weighted by Crippen LogP contribution is -2.44. The third-order valence-corrected chi connectivity index (χ3v) is 4.34. The van der Waals surface area contributed by atoms with E-state index in [1.54, 1.807) is 24.7 Å². The number of pyridine rings is 1. The quantitative estimate of drug-likeness (QED) is 0.862. The summed E-state index contributed by atoms with van der Waals surface area (Å²) in [5.74, 6) is 1.46. The molecule has 1 fully saturated rings. The van der Waals surface area contributed by atoms with Gasteiger partial charge in [0.05, 0.1) is 23.0 Å². The summed E-state index contributed by atoms with van der Waals surface area (Å²) in [7, 11) is 2.00. The zero-order valence-corrected chi connectivity index (χ0v) is 13.6. The molecule has 3 heterocycles. The van der Waals surface area contributed by atoms with Crippen molar-refractivity contribution in [1.82, 2.24) is 15.0 Å². The Morgan fingerprint density at radius 3 is 2.61 bits per heavy atom. The molecule has 0 spiro atoms. The van der Waals surface area contributed by atoms with Crippen LogP contribution in [-0.2, 0) is 0 Å².